The molecular formula is C16H21Cl2N3. The van der Waals surface area contributed by atoms with Crippen molar-refractivity contribution in [2.45, 2.75) is 38.6 Å². The maximum atomic E-state index is 6.31. The molecule has 0 saturated heterocycles. The van der Waals surface area contributed by atoms with Crippen LogP contribution in [0.3, 0.4) is 0 Å². The second-order valence-electron chi connectivity index (χ2n) is 5.80. The highest BCUT2D eigenvalue weighted by Gasteiger charge is 2.33. The van der Waals surface area contributed by atoms with Crippen molar-refractivity contribution in [1.82, 2.24) is 14.8 Å². The van der Waals surface area contributed by atoms with Crippen LogP contribution in [0.5, 0.6) is 0 Å². The number of alkyl halides is 2. The average Bonchev–Trinajstić information content (AvgIpc) is 2.94. The molecule has 114 valence electrons. The molecule has 0 radical (unpaired) electrons. The molecule has 1 aromatic carbocycles. The molecule has 1 heterocycles. The van der Waals surface area contributed by atoms with Crippen LogP contribution in [0.15, 0.2) is 30.6 Å². The zero-order chi connectivity index (χ0) is 15.5. The second-order valence-corrected chi connectivity index (χ2v) is 6.34. The van der Waals surface area contributed by atoms with Crippen molar-refractivity contribution in [2.24, 2.45) is 0 Å². The fraction of sp³-hybridized carbons (Fsp3) is 0.500. The summed E-state index contributed by atoms with van der Waals surface area (Å²) >= 11 is 12.6. The molecule has 0 fully saturated rings. The van der Waals surface area contributed by atoms with Gasteiger partial charge in [-0.15, -0.1) is 23.2 Å². The summed E-state index contributed by atoms with van der Waals surface area (Å²) in [6.07, 6.45) is 2.28. The molecule has 0 aliphatic heterocycles. The molecule has 0 atom stereocenters. The van der Waals surface area contributed by atoms with Gasteiger partial charge in [-0.1, -0.05) is 29.8 Å². The number of aromatic nitrogens is 3. The van der Waals surface area contributed by atoms with Gasteiger partial charge in [0.2, 0.25) is 0 Å². The van der Waals surface area contributed by atoms with E-state index in [0.717, 1.165) is 11.4 Å². The predicted octanol–water partition coefficient (Wildman–Crippen LogP) is 4.13. The number of aryl methyl sites for hydroxylation is 1. The predicted molar refractivity (Wildman–Crippen MR) is 88.4 cm³/mol. The maximum absolute atomic E-state index is 6.31. The van der Waals surface area contributed by atoms with E-state index in [4.69, 9.17) is 23.2 Å². The first-order chi connectivity index (χ1) is 10.0. The van der Waals surface area contributed by atoms with E-state index >= 15 is 0 Å². The summed E-state index contributed by atoms with van der Waals surface area (Å²) in [5.74, 6) is 1.82. The summed E-state index contributed by atoms with van der Waals surface area (Å²) in [6, 6.07) is 8.67. The molecular weight excluding hydrogens is 305 g/mol. The average molecular weight is 326 g/mol. The van der Waals surface area contributed by atoms with Crippen molar-refractivity contribution in [3.63, 3.8) is 0 Å². The lowest BCUT2D eigenvalue weighted by Gasteiger charge is -2.30. The van der Waals surface area contributed by atoms with Crippen molar-refractivity contribution in [1.29, 1.82) is 0 Å². The smallest absolute Gasteiger partial charge is 0.138 e. The topological polar surface area (TPSA) is 30.7 Å². The van der Waals surface area contributed by atoms with E-state index in [1.165, 1.54) is 5.56 Å². The normalized spacial score (nSPS) is 12.1. The van der Waals surface area contributed by atoms with Crippen LogP contribution < -0.4 is 0 Å². The van der Waals surface area contributed by atoms with Gasteiger partial charge >= 0.3 is 0 Å². The van der Waals surface area contributed by atoms with Crippen LogP contribution in [0.25, 0.3) is 0 Å². The second kappa shape index (κ2) is 6.80. The molecule has 0 aliphatic rings. The Morgan fingerprint density at radius 1 is 1.14 bits per heavy atom. The molecule has 2 rings (SSSR count). The molecule has 0 amide bonds. The Hall–Kier alpha value is -1.06. The Labute approximate surface area is 136 Å². The highest BCUT2D eigenvalue weighted by Crippen LogP contribution is 2.31. The van der Waals surface area contributed by atoms with Crippen LogP contribution in [0.4, 0.5) is 0 Å². The highest BCUT2D eigenvalue weighted by atomic mass is 35.5. The Morgan fingerprint density at radius 2 is 1.76 bits per heavy atom. The first kappa shape index (κ1) is 16.3. The number of benzene rings is 1. The van der Waals surface area contributed by atoms with Crippen LogP contribution in [-0.4, -0.2) is 26.5 Å². The first-order valence-electron chi connectivity index (χ1n) is 7.10. The van der Waals surface area contributed by atoms with Gasteiger partial charge in [0.15, 0.2) is 0 Å². The lowest BCUT2D eigenvalue weighted by atomic mass is 9.80. The van der Waals surface area contributed by atoms with Crippen molar-refractivity contribution < 1.29 is 0 Å². The van der Waals surface area contributed by atoms with E-state index < -0.39 is 0 Å². The van der Waals surface area contributed by atoms with Crippen LogP contribution in [0.2, 0.25) is 0 Å². The molecule has 0 spiro atoms. The Balaban J connectivity index is 2.38. The standard InChI is InChI=1S/C16H21Cl2N3/c1-12(2)21-15(19-11-20-21)8-16(9-17,10-18)14-6-4-13(3)5-7-14/h4-7,11-12H,8-10H2,1-3H3. The summed E-state index contributed by atoms with van der Waals surface area (Å²) in [5, 5.41) is 4.30. The molecule has 0 bridgehead atoms. The molecule has 2 aromatic rings. The monoisotopic (exact) mass is 325 g/mol. The van der Waals surface area contributed by atoms with Gasteiger partial charge in [0.25, 0.3) is 0 Å². The number of nitrogens with zero attached hydrogens (tertiary/aromatic N) is 3. The van der Waals surface area contributed by atoms with Crippen LogP contribution in [-0.2, 0) is 11.8 Å². The van der Waals surface area contributed by atoms with Gasteiger partial charge in [0.05, 0.1) is 0 Å². The first-order valence-corrected chi connectivity index (χ1v) is 8.17. The van der Waals surface area contributed by atoms with Crippen molar-refractivity contribution in [3.8, 4) is 0 Å². The van der Waals surface area contributed by atoms with Gasteiger partial charge in [-0.25, -0.2) is 9.67 Å². The summed E-state index contributed by atoms with van der Waals surface area (Å²) < 4.78 is 1.93. The number of halogens is 2. The van der Waals surface area contributed by atoms with E-state index in [-0.39, 0.29) is 11.5 Å². The Kier molecular flexibility index (Phi) is 5.28. The number of rotatable bonds is 6. The molecule has 21 heavy (non-hydrogen) atoms. The molecule has 3 nitrogen and oxygen atoms in total. The van der Waals surface area contributed by atoms with Gasteiger partial charge in [-0.3, -0.25) is 0 Å². The third-order valence-electron chi connectivity index (χ3n) is 3.81. The van der Waals surface area contributed by atoms with Crippen LogP contribution in [0.1, 0.15) is 36.8 Å². The largest absolute Gasteiger partial charge is 0.248 e. The maximum Gasteiger partial charge on any atom is 0.138 e. The molecule has 0 unspecified atom stereocenters. The fourth-order valence-electron chi connectivity index (χ4n) is 2.43. The van der Waals surface area contributed by atoms with Gasteiger partial charge in [0, 0.05) is 29.6 Å². The SMILES string of the molecule is Cc1ccc(C(CCl)(CCl)Cc2ncnn2C(C)C)cc1. The summed E-state index contributed by atoms with van der Waals surface area (Å²) in [5.41, 5.74) is 2.05. The number of hydrogen-bond acceptors (Lipinski definition) is 2. The third kappa shape index (κ3) is 3.41. The minimum Gasteiger partial charge on any atom is -0.248 e. The molecule has 0 N–H and O–H groups in total. The van der Waals surface area contributed by atoms with Crippen molar-refractivity contribution in [3.05, 3.63) is 47.5 Å². The summed E-state index contributed by atoms with van der Waals surface area (Å²) in [7, 11) is 0. The minimum atomic E-state index is -0.323. The number of hydrogen-bond donors (Lipinski definition) is 0. The quantitative estimate of drug-likeness (QED) is 0.748. The molecule has 0 saturated carbocycles. The van der Waals surface area contributed by atoms with Crippen LogP contribution in [0, 0.1) is 6.92 Å². The molecule has 1 aromatic heterocycles. The lowest BCUT2D eigenvalue weighted by Crippen LogP contribution is -2.34. The summed E-state index contributed by atoms with van der Waals surface area (Å²) in [6.45, 7) is 6.25. The van der Waals surface area contributed by atoms with E-state index in [1.54, 1.807) is 6.33 Å². The fourth-order valence-corrected chi connectivity index (χ4v) is 3.21. The lowest BCUT2D eigenvalue weighted by molar-refractivity contribution is 0.454. The van der Waals surface area contributed by atoms with Gasteiger partial charge in [0.1, 0.15) is 12.2 Å². The summed E-state index contributed by atoms with van der Waals surface area (Å²) in [4.78, 5) is 4.40. The zero-order valence-electron chi connectivity index (χ0n) is 12.7. The van der Waals surface area contributed by atoms with E-state index in [1.807, 2.05) is 4.68 Å². The minimum absolute atomic E-state index is 0.267. The highest BCUT2D eigenvalue weighted by molar-refractivity contribution is 6.22. The van der Waals surface area contributed by atoms with Crippen LogP contribution >= 0.6 is 23.2 Å². The van der Waals surface area contributed by atoms with Gasteiger partial charge in [-0.2, -0.15) is 5.10 Å². The molecule has 5 heteroatoms. The molecule has 0 aliphatic carbocycles. The Morgan fingerprint density at radius 3 is 2.29 bits per heavy atom. The third-order valence-corrected chi connectivity index (χ3v) is 4.83. The Bertz CT molecular complexity index is 571. The van der Waals surface area contributed by atoms with Gasteiger partial charge < -0.3 is 0 Å². The van der Waals surface area contributed by atoms with Gasteiger partial charge in [-0.05, 0) is 26.3 Å². The zero-order valence-corrected chi connectivity index (χ0v) is 14.2. The van der Waals surface area contributed by atoms with E-state index in [9.17, 15) is 0 Å². The van der Waals surface area contributed by atoms with E-state index in [2.05, 4.69) is 55.1 Å². The van der Waals surface area contributed by atoms with Crippen molar-refractivity contribution >= 4 is 23.2 Å². The van der Waals surface area contributed by atoms with Crippen molar-refractivity contribution in [2.75, 3.05) is 11.8 Å². The van der Waals surface area contributed by atoms with E-state index in [0.29, 0.717) is 18.2 Å².